The van der Waals surface area contributed by atoms with Gasteiger partial charge in [0.15, 0.2) is 0 Å². The van der Waals surface area contributed by atoms with Crippen LogP contribution in [-0.2, 0) is 50.7 Å². The SMILES string of the molecule is C.CC#CC.CC(C)(C)OC(=O)N1CCC2(CC1)Cc1ccccc1[C@H]2N[S@](=O)C(C)(C)C.CN([C@@H]1c2ccccc2CC12CCN(C(=O)OC(C)(C)C)CC2)[S@](=O)C(C)(C)C.CN[C@@H]1c2ccccc2CC12CCNCC2.[CH2-]C#CC. The molecule has 3 N–H and O–H groups in total. The van der Waals surface area contributed by atoms with E-state index in [4.69, 9.17) is 9.47 Å². The van der Waals surface area contributed by atoms with E-state index in [9.17, 15) is 18.0 Å². The lowest BCUT2D eigenvalue weighted by Crippen LogP contribution is -2.50. The number of carbonyl (C=O) groups excluding carboxylic acids is 2. The number of nitrogens with one attached hydrogen (secondary N) is 3. The molecule has 5 atom stereocenters. The molecule has 0 unspecified atom stereocenters. The highest BCUT2D eigenvalue weighted by molar-refractivity contribution is 7.84. The Morgan fingerprint density at radius 3 is 1.34 bits per heavy atom. The van der Waals surface area contributed by atoms with Gasteiger partial charge in [0.2, 0.25) is 0 Å². The van der Waals surface area contributed by atoms with Gasteiger partial charge in [-0.05, 0) is 224 Å². The number of rotatable bonds is 5. The Morgan fingerprint density at radius 1 is 0.598 bits per heavy atom. The average molecular weight is 1170 g/mol. The zero-order chi connectivity index (χ0) is 60.2. The van der Waals surface area contributed by atoms with Crippen molar-refractivity contribution in [1.29, 1.82) is 0 Å². The van der Waals surface area contributed by atoms with E-state index in [1.54, 1.807) is 12.5 Å². The van der Waals surface area contributed by atoms with Crippen molar-refractivity contribution in [3.8, 4) is 23.7 Å². The Morgan fingerprint density at radius 2 is 0.963 bits per heavy atom. The third kappa shape index (κ3) is 17.7. The van der Waals surface area contributed by atoms with Gasteiger partial charge in [-0.3, -0.25) is 5.92 Å². The van der Waals surface area contributed by atoms with Gasteiger partial charge in [0, 0.05) is 39.3 Å². The minimum Gasteiger partial charge on any atom is -0.444 e. The van der Waals surface area contributed by atoms with Crippen molar-refractivity contribution in [3.05, 3.63) is 113 Å². The predicted molar refractivity (Wildman–Crippen MR) is 343 cm³/mol. The van der Waals surface area contributed by atoms with E-state index in [1.807, 2.05) is 114 Å². The molecule has 82 heavy (non-hydrogen) atoms. The van der Waals surface area contributed by atoms with E-state index in [2.05, 4.69) is 130 Å². The topological polar surface area (TPSA) is 133 Å². The number of hydrogen-bond donors (Lipinski definition) is 3. The number of amides is 2. The summed E-state index contributed by atoms with van der Waals surface area (Å²) < 4.78 is 42.2. The third-order valence-electron chi connectivity index (χ3n) is 16.6. The van der Waals surface area contributed by atoms with Crippen LogP contribution < -0.4 is 15.4 Å². The molecule has 0 bridgehead atoms. The van der Waals surface area contributed by atoms with Crippen LogP contribution >= 0.6 is 0 Å². The Bertz CT molecular complexity index is 2710. The van der Waals surface area contributed by atoms with Crippen LogP contribution in [0.4, 0.5) is 9.59 Å². The van der Waals surface area contributed by atoms with E-state index < -0.39 is 33.2 Å². The quantitative estimate of drug-likeness (QED) is 0.170. The summed E-state index contributed by atoms with van der Waals surface area (Å²) in [6.07, 6.45) is 8.85. The molecule has 3 spiro atoms. The van der Waals surface area contributed by atoms with Crippen molar-refractivity contribution in [1.82, 2.24) is 29.5 Å². The molecule has 3 fully saturated rings. The Balaban J connectivity index is 0.000000253. The van der Waals surface area contributed by atoms with E-state index in [0.717, 1.165) is 38.5 Å². The van der Waals surface area contributed by atoms with Crippen molar-refractivity contribution in [2.75, 3.05) is 53.4 Å². The van der Waals surface area contributed by atoms with E-state index in [1.165, 1.54) is 60.2 Å². The summed E-state index contributed by atoms with van der Waals surface area (Å²) in [5, 5.41) is 7.03. The monoisotopic (exact) mass is 1170 g/mol. The van der Waals surface area contributed by atoms with Crippen LogP contribution in [0.15, 0.2) is 72.8 Å². The highest BCUT2D eigenvalue weighted by atomic mass is 32.2. The second kappa shape index (κ2) is 29.4. The summed E-state index contributed by atoms with van der Waals surface area (Å²) in [6, 6.07) is 26.7. The summed E-state index contributed by atoms with van der Waals surface area (Å²) >= 11 is 0. The Kier molecular flexibility index (Phi) is 25.1. The molecule has 3 aliphatic carbocycles. The van der Waals surface area contributed by atoms with Crippen LogP contribution in [0.2, 0.25) is 0 Å². The van der Waals surface area contributed by atoms with Gasteiger partial charge in [-0.2, -0.15) is 6.92 Å². The first-order valence-electron chi connectivity index (χ1n) is 29.4. The van der Waals surface area contributed by atoms with Crippen LogP contribution in [0.1, 0.15) is 201 Å². The predicted octanol–water partition coefficient (Wildman–Crippen LogP) is 13.4. The first kappa shape index (κ1) is 69.8. The second-order valence-corrected chi connectivity index (χ2v) is 31.1. The maximum absolute atomic E-state index is 13.3. The van der Waals surface area contributed by atoms with Crippen LogP contribution in [-0.4, -0.2) is 109 Å². The molecule has 6 aliphatic rings. The summed E-state index contributed by atoms with van der Waals surface area (Å²) in [4.78, 5) is 28.6. The van der Waals surface area contributed by atoms with E-state index >= 15 is 0 Å². The summed E-state index contributed by atoms with van der Waals surface area (Å²) in [6.45, 7) is 37.1. The molecule has 3 aliphatic heterocycles. The molecule has 9 rings (SSSR count). The van der Waals surface area contributed by atoms with Crippen LogP contribution in [0.5, 0.6) is 0 Å². The standard InChI is InChI=1S/C23H36N2O3S.C22H34N2O3S.C14H20N2.C4H6.C4H5.CH4/c1-21(2,3)28-20(26)25-14-12-23(13-15-25)16-17-10-8-9-11-18(17)19(23)24(7)29(27)22(4,5)6;1-20(2,3)27-19(25)24-13-11-22(12-14-24)15-16-9-7-8-10-17(16)18(22)23-28(26)21(4,5)6;1-15-13-12-5-3-2-4-11(12)10-14(13)6-8-16-9-7-14;2*1-3-4-2;/h8-11,19H,12-16H2,1-7H3;7-10,18,23H,11-15H2,1-6H3;2-5,13,15-16H,6-10H2,1H3;1-2H3;1H2,2H3;1H4/q;;;;-1;/t19-,29-;18-,28-;13-;;;/m111.../s1. The maximum atomic E-state index is 13.3. The van der Waals surface area contributed by atoms with Gasteiger partial charge >= 0.3 is 12.2 Å². The smallest absolute Gasteiger partial charge is 0.410 e. The van der Waals surface area contributed by atoms with Crippen molar-refractivity contribution in [3.63, 3.8) is 0 Å². The summed E-state index contributed by atoms with van der Waals surface area (Å²) in [5.74, 6) is 10.4. The number of piperidine rings is 3. The molecule has 3 aromatic rings. The number of fused-ring (bicyclic) bond motifs is 3. The van der Waals surface area contributed by atoms with Crippen molar-refractivity contribution < 1.29 is 27.5 Å². The first-order valence-corrected chi connectivity index (χ1v) is 31.6. The average Bonchev–Trinajstić information content (AvgIpc) is 3.66. The zero-order valence-electron chi connectivity index (χ0n) is 52.6. The molecular weight excluding hydrogens is 1060 g/mol. The number of carbonyl (C=O) groups is 2. The van der Waals surface area contributed by atoms with Crippen LogP contribution in [0, 0.1) is 46.9 Å². The highest BCUT2D eigenvalue weighted by Crippen LogP contribution is 2.56. The molecule has 12 nitrogen and oxygen atoms in total. The molecule has 14 heteroatoms. The van der Waals surface area contributed by atoms with Gasteiger partial charge < -0.3 is 35.8 Å². The van der Waals surface area contributed by atoms with Gasteiger partial charge in [-0.15, -0.1) is 11.8 Å². The fourth-order valence-electron chi connectivity index (χ4n) is 12.6. The van der Waals surface area contributed by atoms with Gasteiger partial charge in [0.1, 0.15) is 22.2 Å². The van der Waals surface area contributed by atoms with Gasteiger partial charge in [0.05, 0.1) is 32.6 Å². The molecule has 3 heterocycles. The van der Waals surface area contributed by atoms with Crippen molar-refractivity contribution in [2.45, 2.75) is 208 Å². The summed E-state index contributed by atoms with van der Waals surface area (Å²) in [5.41, 5.74) is 7.81. The Hall–Kier alpha value is -4.67. The molecule has 0 saturated carbocycles. The van der Waals surface area contributed by atoms with Gasteiger partial charge in [-0.25, -0.2) is 27.0 Å². The number of ether oxygens (including phenoxy) is 2. The van der Waals surface area contributed by atoms with Gasteiger partial charge in [-0.1, -0.05) is 87.1 Å². The van der Waals surface area contributed by atoms with Crippen molar-refractivity contribution in [2.24, 2.45) is 16.2 Å². The van der Waals surface area contributed by atoms with E-state index in [-0.39, 0.29) is 52.0 Å². The van der Waals surface area contributed by atoms with Crippen molar-refractivity contribution >= 4 is 34.2 Å². The zero-order valence-corrected chi connectivity index (χ0v) is 54.2. The fraction of sp³-hybridized carbons (Fsp3) is 0.632. The largest absolute Gasteiger partial charge is 0.444 e. The minimum atomic E-state index is -1.15. The molecule has 0 aromatic heterocycles. The lowest BCUT2D eigenvalue weighted by Gasteiger charge is -2.46. The van der Waals surface area contributed by atoms with Crippen LogP contribution in [0.3, 0.4) is 0 Å². The van der Waals surface area contributed by atoms with E-state index in [0.29, 0.717) is 37.6 Å². The maximum Gasteiger partial charge on any atom is 0.410 e. The molecule has 3 saturated heterocycles. The molecule has 3 aromatic carbocycles. The lowest BCUT2D eigenvalue weighted by molar-refractivity contribution is 0.00187. The number of benzene rings is 3. The first-order chi connectivity index (χ1) is 37.9. The Labute approximate surface area is 502 Å². The molecule has 456 valence electrons. The number of nitrogens with zero attached hydrogens (tertiary/aromatic N) is 3. The van der Waals surface area contributed by atoms with Gasteiger partial charge in [0.25, 0.3) is 0 Å². The number of hydrogen-bond acceptors (Lipinski definition) is 8. The molecular formula is C68H105N6O6S2-. The summed E-state index contributed by atoms with van der Waals surface area (Å²) in [7, 11) is 1.85. The lowest BCUT2D eigenvalue weighted by atomic mass is 9.73. The molecule has 2 amide bonds. The second-order valence-electron chi connectivity index (χ2n) is 26.8. The fourth-order valence-corrected chi connectivity index (χ4v) is 15.0. The normalized spacial score (nSPS) is 21.4. The minimum absolute atomic E-state index is 0. The highest BCUT2D eigenvalue weighted by Gasteiger charge is 2.53. The third-order valence-corrected chi connectivity index (χ3v) is 19.9. The van der Waals surface area contributed by atoms with Crippen LogP contribution in [0.25, 0.3) is 0 Å². The number of likely N-dealkylation sites (tertiary alicyclic amines) is 2. The molecule has 0 radical (unpaired) electrons.